The molecule has 0 aliphatic rings. The lowest BCUT2D eigenvalue weighted by atomic mass is 10.1. The summed E-state index contributed by atoms with van der Waals surface area (Å²) in [6.45, 7) is 2.31. The molecule has 1 aromatic rings. The molecule has 0 aromatic heterocycles. The molecule has 0 aliphatic heterocycles. The number of aliphatic hydroxyl groups excluding tert-OH is 1. The van der Waals surface area contributed by atoms with Crippen molar-refractivity contribution in [2.45, 2.75) is 26.2 Å². The van der Waals surface area contributed by atoms with Gasteiger partial charge in [0.2, 0.25) is 5.91 Å². The maximum absolute atomic E-state index is 10.8. The number of benzene rings is 1. The maximum Gasteiger partial charge on any atom is 0.245 e. The summed E-state index contributed by atoms with van der Waals surface area (Å²) in [4.78, 5) is 10.8. The van der Waals surface area contributed by atoms with Crippen molar-refractivity contribution < 1.29 is 9.90 Å². The molecule has 2 N–H and O–H groups in total. The van der Waals surface area contributed by atoms with Gasteiger partial charge in [-0.2, -0.15) is 0 Å². The van der Waals surface area contributed by atoms with E-state index in [0.717, 1.165) is 19.3 Å². The van der Waals surface area contributed by atoms with Gasteiger partial charge in [-0.25, -0.2) is 0 Å². The van der Waals surface area contributed by atoms with Gasteiger partial charge in [0.05, 0.1) is 0 Å². The average molecular weight is 221 g/mol. The SMILES string of the molecule is CCCc1ccc(CCNC(=O)CO)cc1. The number of carbonyl (C=O) groups excluding carboxylic acids is 1. The van der Waals surface area contributed by atoms with Crippen molar-refractivity contribution in [2.75, 3.05) is 13.2 Å². The first-order chi connectivity index (χ1) is 7.76. The normalized spacial score (nSPS) is 10.1. The fourth-order valence-electron chi connectivity index (χ4n) is 1.56. The monoisotopic (exact) mass is 221 g/mol. The molecule has 3 nitrogen and oxygen atoms in total. The number of hydrogen-bond acceptors (Lipinski definition) is 2. The van der Waals surface area contributed by atoms with Crippen LogP contribution in [-0.2, 0) is 17.6 Å². The Morgan fingerprint density at radius 2 is 1.75 bits per heavy atom. The van der Waals surface area contributed by atoms with E-state index < -0.39 is 6.61 Å². The lowest BCUT2D eigenvalue weighted by molar-refractivity contribution is -0.123. The van der Waals surface area contributed by atoms with Crippen LogP contribution < -0.4 is 5.32 Å². The Balaban J connectivity index is 2.34. The molecule has 1 amide bonds. The fourth-order valence-corrected chi connectivity index (χ4v) is 1.56. The minimum Gasteiger partial charge on any atom is -0.387 e. The zero-order valence-corrected chi connectivity index (χ0v) is 9.70. The molecule has 0 unspecified atom stereocenters. The smallest absolute Gasteiger partial charge is 0.245 e. The number of rotatable bonds is 6. The molecule has 0 atom stereocenters. The molecule has 16 heavy (non-hydrogen) atoms. The highest BCUT2D eigenvalue weighted by atomic mass is 16.3. The molecule has 0 heterocycles. The van der Waals surface area contributed by atoms with Crippen molar-refractivity contribution in [1.82, 2.24) is 5.32 Å². The zero-order valence-electron chi connectivity index (χ0n) is 9.70. The molecule has 3 heteroatoms. The summed E-state index contributed by atoms with van der Waals surface area (Å²) in [5.74, 6) is -0.317. The van der Waals surface area contributed by atoms with Crippen LogP contribution in [0.25, 0.3) is 0 Å². The van der Waals surface area contributed by atoms with Gasteiger partial charge >= 0.3 is 0 Å². The molecular weight excluding hydrogens is 202 g/mol. The van der Waals surface area contributed by atoms with Crippen molar-refractivity contribution in [3.8, 4) is 0 Å². The first kappa shape index (κ1) is 12.7. The fraction of sp³-hybridized carbons (Fsp3) is 0.462. The molecule has 0 radical (unpaired) electrons. The van der Waals surface area contributed by atoms with Crippen LogP contribution in [-0.4, -0.2) is 24.2 Å². The quantitative estimate of drug-likeness (QED) is 0.760. The van der Waals surface area contributed by atoms with Crippen LogP contribution in [0.5, 0.6) is 0 Å². The van der Waals surface area contributed by atoms with Crippen LogP contribution in [0.4, 0.5) is 0 Å². The predicted octanol–water partition coefficient (Wildman–Crippen LogP) is 1.29. The highest BCUT2D eigenvalue weighted by Crippen LogP contribution is 2.06. The number of hydrogen-bond donors (Lipinski definition) is 2. The van der Waals surface area contributed by atoms with Gasteiger partial charge in [0.15, 0.2) is 0 Å². The Labute approximate surface area is 96.5 Å². The van der Waals surface area contributed by atoms with Gasteiger partial charge in [-0.3, -0.25) is 4.79 Å². The second-order valence-electron chi connectivity index (χ2n) is 3.82. The van der Waals surface area contributed by atoms with Crippen LogP contribution in [0.1, 0.15) is 24.5 Å². The van der Waals surface area contributed by atoms with Gasteiger partial charge in [-0.05, 0) is 24.0 Å². The van der Waals surface area contributed by atoms with Crippen LogP contribution in [0.15, 0.2) is 24.3 Å². The second kappa shape index (κ2) is 7.01. The largest absolute Gasteiger partial charge is 0.387 e. The zero-order chi connectivity index (χ0) is 11.8. The van der Waals surface area contributed by atoms with E-state index in [-0.39, 0.29) is 5.91 Å². The Hall–Kier alpha value is -1.35. The molecule has 0 saturated carbocycles. The summed E-state index contributed by atoms with van der Waals surface area (Å²) >= 11 is 0. The van der Waals surface area contributed by atoms with Crippen LogP contribution in [0.3, 0.4) is 0 Å². The number of aryl methyl sites for hydroxylation is 1. The highest BCUT2D eigenvalue weighted by Gasteiger charge is 1.98. The first-order valence-electron chi connectivity index (χ1n) is 5.71. The van der Waals surface area contributed by atoms with Gasteiger partial charge in [0.25, 0.3) is 0 Å². The molecule has 88 valence electrons. The van der Waals surface area contributed by atoms with E-state index in [4.69, 9.17) is 5.11 Å². The Morgan fingerprint density at radius 3 is 2.25 bits per heavy atom. The van der Waals surface area contributed by atoms with E-state index in [0.29, 0.717) is 6.54 Å². The maximum atomic E-state index is 10.8. The minimum absolute atomic E-state index is 0.317. The van der Waals surface area contributed by atoms with E-state index in [9.17, 15) is 4.79 Å². The molecule has 0 saturated heterocycles. The number of aliphatic hydroxyl groups is 1. The van der Waals surface area contributed by atoms with E-state index in [1.165, 1.54) is 11.1 Å². The van der Waals surface area contributed by atoms with Crippen LogP contribution in [0, 0.1) is 0 Å². The number of carbonyl (C=O) groups is 1. The van der Waals surface area contributed by atoms with Crippen LogP contribution >= 0.6 is 0 Å². The summed E-state index contributed by atoms with van der Waals surface area (Å²) in [6.07, 6.45) is 3.07. The summed E-state index contributed by atoms with van der Waals surface area (Å²) < 4.78 is 0. The average Bonchev–Trinajstić information content (AvgIpc) is 2.31. The highest BCUT2D eigenvalue weighted by molar-refractivity contribution is 5.76. The molecule has 1 rings (SSSR count). The molecule has 1 aromatic carbocycles. The first-order valence-corrected chi connectivity index (χ1v) is 5.71. The van der Waals surface area contributed by atoms with E-state index in [1.54, 1.807) is 0 Å². The van der Waals surface area contributed by atoms with E-state index in [2.05, 4.69) is 36.5 Å². The van der Waals surface area contributed by atoms with Gasteiger partial charge in [-0.1, -0.05) is 37.6 Å². The van der Waals surface area contributed by atoms with Gasteiger partial charge in [0, 0.05) is 6.54 Å². The lowest BCUT2D eigenvalue weighted by Crippen LogP contribution is -2.28. The van der Waals surface area contributed by atoms with Crippen molar-refractivity contribution in [3.63, 3.8) is 0 Å². The molecule has 0 spiro atoms. The van der Waals surface area contributed by atoms with Gasteiger partial charge in [0.1, 0.15) is 6.61 Å². The van der Waals surface area contributed by atoms with E-state index >= 15 is 0 Å². The Kier molecular flexibility index (Phi) is 5.57. The number of nitrogens with one attached hydrogen (secondary N) is 1. The standard InChI is InChI=1S/C13H19NO2/c1-2-3-11-4-6-12(7-5-11)8-9-14-13(16)10-15/h4-7,15H,2-3,8-10H2,1H3,(H,14,16). The predicted molar refractivity (Wildman–Crippen MR) is 64.2 cm³/mol. The van der Waals surface area contributed by atoms with Crippen molar-refractivity contribution in [3.05, 3.63) is 35.4 Å². The number of amides is 1. The Morgan fingerprint density at radius 1 is 1.19 bits per heavy atom. The minimum atomic E-state index is -0.435. The third-order valence-corrected chi connectivity index (χ3v) is 2.44. The topological polar surface area (TPSA) is 49.3 Å². The van der Waals surface area contributed by atoms with E-state index in [1.807, 2.05) is 0 Å². The summed E-state index contributed by atoms with van der Waals surface area (Å²) in [7, 11) is 0. The summed E-state index contributed by atoms with van der Waals surface area (Å²) in [6, 6.07) is 8.45. The Bertz CT molecular complexity index is 319. The van der Waals surface area contributed by atoms with Crippen molar-refractivity contribution in [1.29, 1.82) is 0 Å². The van der Waals surface area contributed by atoms with Gasteiger partial charge < -0.3 is 10.4 Å². The summed E-state index contributed by atoms with van der Waals surface area (Å²) in [5, 5.41) is 11.1. The summed E-state index contributed by atoms with van der Waals surface area (Å²) in [5.41, 5.74) is 2.56. The molecular formula is C13H19NO2. The second-order valence-corrected chi connectivity index (χ2v) is 3.82. The third kappa shape index (κ3) is 4.45. The van der Waals surface area contributed by atoms with Gasteiger partial charge in [-0.15, -0.1) is 0 Å². The van der Waals surface area contributed by atoms with Crippen LogP contribution in [0.2, 0.25) is 0 Å². The molecule has 0 fully saturated rings. The van der Waals surface area contributed by atoms with Crippen molar-refractivity contribution >= 4 is 5.91 Å². The molecule has 0 bridgehead atoms. The lowest BCUT2D eigenvalue weighted by Gasteiger charge is -2.04. The van der Waals surface area contributed by atoms with Crippen molar-refractivity contribution in [2.24, 2.45) is 0 Å². The third-order valence-electron chi connectivity index (χ3n) is 2.44. The molecule has 0 aliphatic carbocycles.